The number of aromatic nitrogens is 3. The Kier molecular flexibility index (Phi) is 23.3. The first kappa shape index (κ1) is 39.2. The number of hydrogen-bond acceptors (Lipinski definition) is 4. The maximum absolute atomic E-state index is 4.86. The van der Waals surface area contributed by atoms with E-state index in [-0.39, 0.29) is 13.3 Å². The number of fused-ring (bicyclic) bond motifs is 1. The first-order valence-corrected chi connectivity index (χ1v) is 99.2. The van der Waals surface area contributed by atoms with Crippen LogP contribution in [0.25, 0.3) is 0 Å². The van der Waals surface area contributed by atoms with Gasteiger partial charge in [0, 0.05) is 0 Å². The Labute approximate surface area is 329 Å². The third kappa shape index (κ3) is 8.50. The Balaban J connectivity index is 3.13. The monoisotopic (exact) mass is 2460 g/mol. The van der Waals surface area contributed by atoms with Gasteiger partial charge in [-0.15, -0.1) is 0 Å². The van der Waals surface area contributed by atoms with Crippen molar-refractivity contribution in [3.05, 3.63) is 5.82 Å². The van der Waals surface area contributed by atoms with E-state index in [1.165, 1.54) is 5.82 Å². The van der Waals surface area contributed by atoms with E-state index in [1.54, 1.807) is 0 Å². The number of rotatable bonds is 9. The molecule has 1 N–H and O–H groups in total. The van der Waals surface area contributed by atoms with Crippen LogP contribution in [0.2, 0.25) is 0 Å². The Morgan fingerprint density at radius 1 is 0.935 bits per heavy atom. The molecule has 0 aromatic carbocycles. The van der Waals surface area contributed by atoms with Crippen LogP contribution in [0.3, 0.4) is 0 Å². The molecule has 1 aromatic rings. The Morgan fingerprint density at radius 2 is 1.52 bits per heavy atom. The van der Waals surface area contributed by atoms with Gasteiger partial charge < -0.3 is 0 Å². The van der Waals surface area contributed by atoms with Gasteiger partial charge in [-0.05, 0) is 0 Å². The predicted molar refractivity (Wildman–Crippen MR) is 271 cm³/mol. The van der Waals surface area contributed by atoms with Gasteiger partial charge >= 0.3 is 343 Å². The standard InChI is InChI=1S/C8H11I18N5/c1-4(2)31-6-28-27-5(3)30(6)8(23(14)25(16)17,24(15)26(18)20-10)7(29-31,21(11)12)22(13)19-9/h4,29H,1-3H3/q-2. The van der Waals surface area contributed by atoms with Crippen LogP contribution >= 0.6 is 249 Å². The van der Waals surface area contributed by atoms with Crippen LogP contribution in [-0.2, 0) is 1.55 Å². The number of alkyl halides is 4. The molecule has 0 amide bonds. The van der Waals surface area contributed by atoms with Gasteiger partial charge in [0.15, 0.2) is 0 Å². The first-order chi connectivity index (χ1) is 14.4. The summed E-state index contributed by atoms with van der Waals surface area (Å²) in [5.74, 6) is 2.36. The minimum absolute atomic E-state index is 0.234. The normalized spacial score (nSPS) is 26.7. The maximum atomic E-state index is 4.86. The van der Waals surface area contributed by atoms with Gasteiger partial charge in [-0.2, -0.15) is 0 Å². The second-order valence-corrected chi connectivity index (χ2v) is 236. The van der Waals surface area contributed by atoms with Gasteiger partial charge in [0.2, 0.25) is 0 Å². The van der Waals surface area contributed by atoms with E-state index in [4.69, 9.17) is 10.2 Å². The number of anilines is 1. The third-order valence-corrected chi connectivity index (χ3v) is 431. The summed E-state index contributed by atoms with van der Waals surface area (Å²) in [6, 6.07) is 0.393. The molecular weight excluding hydrogens is 2450 g/mol. The molecule has 196 valence electrons. The summed E-state index contributed by atoms with van der Waals surface area (Å²) >= 11 is 25.3. The van der Waals surface area contributed by atoms with Gasteiger partial charge in [-0.25, -0.2) is 0 Å². The molecule has 2 unspecified atom stereocenters. The second kappa shape index (κ2) is 18.4. The summed E-state index contributed by atoms with van der Waals surface area (Å²) < 4.78 is 3.67. The summed E-state index contributed by atoms with van der Waals surface area (Å²) in [4.78, 5) is 0. The Hall–Kier alpha value is 12.0. The number of hydrazine groups is 1. The van der Waals surface area contributed by atoms with Gasteiger partial charge in [-0.3, -0.25) is 0 Å². The molecule has 0 radical (unpaired) electrons. The van der Waals surface area contributed by atoms with Gasteiger partial charge in [0.1, 0.15) is 0 Å². The number of halogens is 18. The van der Waals surface area contributed by atoms with E-state index in [0.29, 0.717) is 22.4 Å². The predicted octanol–water partition coefficient (Wildman–Crippen LogP) is 7.96. The van der Waals surface area contributed by atoms with Gasteiger partial charge in [0.05, 0.1) is 0 Å². The zero-order valence-corrected chi connectivity index (χ0v) is 53.5. The fraction of sp³-hybridized carbons (Fsp3) is 0.750. The van der Waals surface area contributed by atoms with E-state index in [2.05, 4.69) is 222 Å². The number of nitrogens with one attached hydrogen (secondary N) is 1. The van der Waals surface area contributed by atoms with Crippen molar-refractivity contribution in [3.63, 3.8) is 0 Å². The molecule has 0 spiro atoms. The molecule has 0 saturated carbocycles. The molecule has 2 rings (SSSR count). The van der Waals surface area contributed by atoms with E-state index >= 15 is 0 Å². The average Bonchev–Trinajstić information content (AvgIpc) is 3.11. The first-order valence-electron chi connectivity index (χ1n) is 6.93. The van der Waals surface area contributed by atoms with Crippen molar-refractivity contribution in [2.75, 3.05) is 5.01 Å². The van der Waals surface area contributed by atoms with E-state index in [0.717, 1.165) is 5.95 Å². The SMILES string of the molecule is Cc1nnc2n1C(I(I)I(I)I)(I(I)I(I)[I-]I)C(I(I)I)(I(I)[I-]I)NN2C(C)C. The summed E-state index contributed by atoms with van der Waals surface area (Å²) in [5.41, 5.74) is 4.44. The fourth-order valence-electron chi connectivity index (χ4n) is 2.43. The Bertz CT molecular complexity index is 747. The Morgan fingerprint density at radius 3 is 1.94 bits per heavy atom. The molecule has 2 atom stereocenters. The number of aryl methyl sites for hydroxylation is 1. The van der Waals surface area contributed by atoms with Gasteiger partial charge in [-0.1, -0.05) is 0 Å². The van der Waals surface area contributed by atoms with Crippen LogP contribution in [-0.4, -0.2) is 22.4 Å². The van der Waals surface area contributed by atoms with Crippen molar-refractivity contribution >= 4 is 255 Å². The van der Waals surface area contributed by atoms with Crippen molar-refractivity contribution in [2.24, 2.45) is 0 Å². The fourth-order valence-corrected chi connectivity index (χ4v) is 517. The molecule has 1 aliphatic heterocycles. The number of nitrogens with zero attached hydrogens (tertiary/aromatic N) is 4. The van der Waals surface area contributed by atoms with E-state index in [9.17, 15) is 0 Å². The quantitative estimate of drug-likeness (QED) is 0.155. The van der Waals surface area contributed by atoms with Crippen LogP contribution in [0.4, 0.5) is 5.95 Å². The van der Waals surface area contributed by atoms with Crippen molar-refractivity contribution < 1.29 is 26.5 Å². The van der Waals surface area contributed by atoms with E-state index in [1.807, 2.05) is 0 Å². The summed E-state index contributed by atoms with van der Waals surface area (Å²) in [7, 11) is -1.94. The molecule has 23 heteroatoms. The molecule has 31 heavy (non-hydrogen) atoms. The molecular formula is C8H11I18N5-2. The zero-order valence-electron chi connectivity index (χ0n) is 14.7. The molecule has 1 aliphatic rings. The molecule has 0 saturated heterocycles. The van der Waals surface area contributed by atoms with Crippen LogP contribution < -0.4 is 36.9 Å². The molecule has 1 aromatic heterocycles. The second-order valence-electron chi connectivity index (χ2n) is 5.29. The van der Waals surface area contributed by atoms with Gasteiger partial charge in [0.25, 0.3) is 0 Å². The van der Waals surface area contributed by atoms with Crippen LogP contribution in [0.1, 0.15) is 19.7 Å². The summed E-state index contributed by atoms with van der Waals surface area (Å²) in [5, 5.41) is 12.1. The molecule has 2 heterocycles. The van der Waals surface area contributed by atoms with Crippen molar-refractivity contribution in [1.82, 2.24) is 20.2 Å². The van der Waals surface area contributed by atoms with Crippen LogP contribution in [0.5, 0.6) is 0 Å². The zero-order chi connectivity index (χ0) is 23.9. The van der Waals surface area contributed by atoms with Crippen LogP contribution in [0.15, 0.2) is 0 Å². The average molecular weight is 2460 g/mol. The molecule has 0 aliphatic carbocycles. The molecule has 0 bridgehead atoms. The number of hydrogen-bond donors (Lipinski definition) is 1. The topological polar surface area (TPSA) is 46.0 Å². The summed E-state index contributed by atoms with van der Waals surface area (Å²) in [6.07, 6.45) is 0. The van der Waals surface area contributed by atoms with E-state index < -0.39 is 63.3 Å². The third-order valence-electron chi connectivity index (χ3n) is 3.51. The van der Waals surface area contributed by atoms with Crippen molar-refractivity contribution in [1.29, 1.82) is 0 Å². The van der Waals surface area contributed by atoms with Crippen LogP contribution in [0, 0.1) is 6.92 Å². The summed E-state index contributed by atoms with van der Waals surface area (Å²) in [6.45, 7) is 6.92. The minimum atomic E-state index is -1.33. The van der Waals surface area contributed by atoms with Crippen molar-refractivity contribution in [3.8, 4) is 0 Å². The van der Waals surface area contributed by atoms with Crippen molar-refractivity contribution in [2.45, 2.75) is 29.9 Å². The molecule has 5 nitrogen and oxygen atoms in total. The molecule has 0 fully saturated rings.